The average molecular weight is 485 g/mol. The van der Waals surface area contributed by atoms with Gasteiger partial charge in [-0.15, -0.1) is 16.8 Å². The molecule has 0 unspecified atom stereocenters. The van der Waals surface area contributed by atoms with Gasteiger partial charge in [0, 0.05) is 35.3 Å². The van der Waals surface area contributed by atoms with Crippen molar-refractivity contribution in [1.82, 2.24) is 19.7 Å². The van der Waals surface area contributed by atoms with Crippen LogP contribution in [-0.2, 0) is 18.8 Å². The summed E-state index contributed by atoms with van der Waals surface area (Å²) in [6, 6.07) is 13.6. The van der Waals surface area contributed by atoms with Gasteiger partial charge in [0.25, 0.3) is 0 Å². The van der Waals surface area contributed by atoms with Crippen LogP contribution in [0.3, 0.4) is 0 Å². The van der Waals surface area contributed by atoms with Gasteiger partial charge in [-0.1, -0.05) is 53.7 Å². The molecule has 1 fully saturated rings. The predicted molar refractivity (Wildman–Crippen MR) is 133 cm³/mol. The fourth-order valence-electron chi connectivity index (χ4n) is 4.23. The number of nitrogens with zero attached hydrogens (tertiary/aromatic N) is 4. The number of aromatic hydroxyl groups is 1. The molecule has 0 bridgehead atoms. The van der Waals surface area contributed by atoms with Crippen LogP contribution < -0.4 is 4.74 Å². The number of ether oxygens (including phenoxy) is 1. The number of likely N-dealkylation sites (tertiary alicyclic amines) is 1. The minimum atomic E-state index is 0.231. The minimum absolute atomic E-state index is 0.231. The number of hydrogen-bond acceptors (Lipinski definition) is 6. The Morgan fingerprint density at radius 3 is 2.73 bits per heavy atom. The average Bonchev–Trinajstić information content (AvgIpc) is 3.22. The van der Waals surface area contributed by atoms with Gasteiger partial charge in [-0.05, 0) is 49.7 Å². The Morgan fingerprint density at radius 2 is 2.00 bits per heavy atom. The number of halogens is 1. The molecule has 0 aliphatic carbocycles. The lowest BCUT2D eigenvalue weighted by atomic mass is 9.95. The van der Waals surface area contributed by atoms with E-state index in [0.29, 0.717) is 24.8 Å². The van der Waals surface area contributed by atoms with E-state index in [0.717, 1.165) is 58.8 Å². The van der Waals surface area contributed by atoms with E-state index >= 15 is 0 Å². The Labute approximate surface area is 204 Å². The van der Waals surface area contributed by atoms with Crippen molar-refractivity contribution in [2.24, 2.45) is 0 Å². The van der Waals surface area contributed by atoms with Gasteiger partial charge in [-0.25, -0.2) is 0 Å². The van der Waals surface area contributed by atoms with Crippen molar-refractivity contribution in [3.63, 3.8) is 0 Å². The fraction of sp³-hybridized carbons (Fsp3) is 0.360. The van der Waals surface area contributed by atoms with Crippen LogP contribution in [0.1, 0.15) is 35.7 Å². The minimum Gasteiger partial charge on any atom is -0.504 e. The van der Waals surface area contributed by atoms with Crippen LogP contribution in [0.15, 0.2) is 60.3 Å². The lowest BCUT2D eigenvalue weighted by Crippen LogP contribution is -2.33. The van der Waals surface area contributed by atoms with Crippen LogP contribution in [-0.4, -0.2) is 45.0 Å². The molecule has 1 saturated heterocycles. The number of phenolic OH excluding ortho intramolecular Hbond substituents is 1. The molecule has 6 nitrogen and oxygen atoms in total. The number of aromatic nitrogens is 3. The molecule has 0 atom stereocenters. The number of allylic oxidation sites excluding steroid dienone is 1. The highest BCUT2D eigenvalue weighted by molar-refractivity contribution is 7.98. The first kappa shape index (κ1) is 23.7. The zero-order valence-corrected chi connectivity index (χ0v) is 20.4. The summed E-state index contributed by atoms with van der Waals surface area (Å²) >= 11 is 7.79. The Hall–Kier alpha value is -2.48. The molecule has 1 aliphatic rings. The molecule has 174 valence electrons. The first-order valence-electron chi connectivity index (χ1n) is 11.1. The molecule has 0 saturated carbocycles. The molecule has 0 amide bonds. The molecule has 4 rings (SSSR count). The van der Waals surface area contributed by atoms with Gasteiger partial charge in [0.2, 0.25) is 0 Å². The van der Waals surface area contributed by atoms with Crippen LogP contribution in [0.5, 0.6) is 11.5 Å². The van der Waals surface area contributed by atoms with Gasteiger partial charge in [0.05, 0.1) is 7.11 Å². The molecule has 2 heterocycles. The van der Waals surface area contributed by atoms with Crippen LogP contribution >= 0.6 is 23.4 Å². The van der Waals surface area contributed by atoms with E-state index in [1.54, 1.807) is 24.9 Å². The largest absolute Gasteiger partial charge is 0.504 e. The third-order valence-electron chi connectivity index (χ3n) is 5.96. The molecule has 3 aromatic rings. The second-order valence-corrected chi connectivity index (χ2v) is 9.56. The van der Waals surface area contributed by atoms with E-state index in [1.807, 2.05) is 36.4 Å². The molecule has 2 aromatic carbocycles. The van der Waals surface area contributed by atoms with Crippen molar-refractivity contribution in [3.8, 4) is 11.5 Å². The predicted octanol–water partition coefficient (Wildman–Crippen LogP) is 5.50. The molecule has 8 heteroatoms. The van der Waals surface area contributed by atoms with Gasteiger partial charge >= 0.3 is 0 Å². The maximum Gasteiger partial charge on any atom is 0.191 e. The first-order chi connectivity index (χ1) is 16.1. The summed E-state index contributed by atoms with van der Waals surface area (Å²) in [6.45, 7) is 7.20. The highest BCUT2D eigenvalue weighted by atomic mass is 35.5. The van der Waals surface area contributed by atoms with E-state index in [4.69, 9.17) is 16.3 Å². The monoisotopic (exact) mass is 484 g/mol. The molecule has 1 aliphatic heterocycles. The quantitative estimate of drug-likeness (QED) is 0.319. The summed E-state index contributed by atoms with van der Waals surface area (Å²) in [4.78, 5) is 2.37. The van der Waals surface area contributed by atoms with E-state index in [9.17, 15) is 5.11 Å². The third kappa shape index (κ3) is 5.72. The van der Waals surface area contributed by atoms with E-state index < -0.39 is 0 Å². The smallest absolute Gasteiger partial charge is 0.191 e. The number of thioether (sulfide) groups is 1. The maximum absolute atomic E-state index is 10.4. The highest BCUT2D eigenvalue weighted by Crippen LogP contribution is 2.34. The Morgan fingerprint density at radius 1 is 1.21 bits per heavy atom. The van der Waals surface area contributed by atoms with E-state index in [1.165, 1.54) is 0 Å². The number of piperidine rings is 1. The second kappa shape index (κ2) is 11.1. The zero-order valence-electron chi connectivity index (χ0n) is 18.8. The van der Waals surface area contributed by atoms with E-state index in [-0.39, 0.29) is 5.75 Å². The highest BCUT2D eigenvalue weighted by Gasteiger charge is 2.26. The topological polar surface area (TPSA) is 63.4 Å². The van der Waals surface area contributed by atoms with Crippen molar-refractivity contribution in [2.45, 2.75) is 42.8 Å². The van der Waals surface area contributed by atoms with Crippen molar-refractivity contribution < 1.29 is 9.84 Å². The van der Waals surface area contributed by atoms with Crippen LogP contribution in [0.2, 0.25) is 5.02 Å². The molecular weight excluding hydrogens is 456 g/mol. The van der Waals surface area contributed by atoms with Crippen molar-refractivity contribution in [2.75, 3.05) is 20.2 Å². The lowest BCUT2D eigenvalue weighted by Gasteiger charge is -2.31. The maximum atomic E-state index is 10.4. The van der Waals surface area contributed by atoms with Gasteiger partial charge in [0.15, 0.2) is 16.7 Å². The van der Waals surface area contributed by atoms with Gasteiger partial charge in [-0.2, -0.15) is 0 Å². The summed E-state index contributed by atoms with van der Waals surface area (Å²) in [5.74, 6) is 2.93. The number of methoxy groups -OCH3 is 1. The summed E-state index contributed by atoms with van der Waals surface area (Å²) < 4.78 is 7.43. The van der Waals surface area contributed by atoms with Gasteiger partial charge < -0.3 is 14.4 Å². The lowest BCUT2D eigenvalue weighted by molar-refractivity contribution is 0.197. The fourth-order valence-corrected chi connectivity index (χ4v) is 5.35. The number of benzene rings is 2. The third-order valence-corrected chi connectivity index (χ3v) is 7.24. The van der Waals surface area contributed by atoms with Crippen LogP contribution in [0.25, 0.3) is 0 Å². The van der Waals surface area contributed by atoms with Gasteiger partial charge in [0.1, 0.15) is 5.82 Å². The summed E-state index contributed by atoms with van der Waals surface area (Å²) in [5.41, 5.74) is 2.05. The molecule has 0 spiro atoms. The number of rotatable bonds is 9. The molecule has 1 aromatic heterocycles. The van der Waals surface area contributed by atoms with Crippen LogP contribution in [0.4, 0.5) is 0 Å². The zero-order chi connectivity index (χ0) is 23.2. The summed E-state index contributed by atoms with van der Waals surface area (Å²) in [6.07, 6.45) is 3.90. The van der Waals surface area contributed by atoms with Crippen molar-refractivity contribution >= 4 is 23.4 Å². The van der Waals surface area contributed by atoms with Crippen molar-refractivity contribution in [3.05, 3.63) is 77.1 Å². The normalized spacial score (nSPS) is 15.0. The Bertz CT molecular complexity index is 1100. The van der Waals surface area contributed by atoms with Gasteiger partial charge in [-0.3, -0.25) is 4.90 Å². The number of phenols is 1. The SMILES string of the molecule is C=CCn1c(SCc2cccc(Cl)c2)nnc1C1CCN(Cc2cccc(OC)c2O)CC1. The molecule has 1 N–H and O–H groups in total. The van der Waals surface area contributed by atoms with Crippen LogP contribution in [0, 0.1) is 0 Å². The summed E-state index contributed by atoms with van der Waals surface area (Å²) in [7, 11) is 1.57. The van der Waals surface area contributed by atoms with Crippen molar-refractivity contribution in [1.29, 1.82) is 0 Å². The first-order valence-corrected chi connectivity index (χ1v) is 12.4. The second-order valence-electron chi connectivity index (χ2n) is 8.18. The standard InChI is InChI=1S/C25H29ClN4O2S/c1-3-12-30-24(27-28-25(30)33-17-18-6-4-8-21(26)15-18)19-10-13-29(14-11-19)16-20-7-5-9-22(32-2)23(20)31/h3-9,15,19,31H,1,10-14,16-17H2,2H3. The Balaban J connectivity index is 1.40. The molecule has 0 radical (unpaired) electrons. The summed E-state index contributed by atoms with van der Waals surface area (Å²) in [5, 5.41) is 21.1. The Kier molecular flexibility index (Phi) is 7.96. The number of hydrogen-bond donors (Lipinski definition) is 1. The number of para-hydroxylation sites is 1. The molecular formula is C25H29ClN4O2S. The van der Waals surface area contributed by atoms with E-state index in [2.05, 4.69) is 32.3 Å². The molecule has 33 heavy (non-hydrogen) atoms.